The maximum absolute atomic E-state index is 5.27. The first-order chi connectivity index (χ1) is 9.86. The Balaban J connectivity index is 1.54. The first kappa shape index (κ1) is 14.0. The summed E-state index contributed by atoms with van der Waals surface area (Å²) in [6.45, 7) is 8.12. The Morgan fingerprint density at radius 2 is 1.95 bits per heavy atom. The predicted molar refractivity (Wildman–Crippen MR) is 77.5 cm³/mol. The van der Waals surface area contributed by atoms with Gasteiger partial charge in [-0.15, -0.1) is 0 Å². The van der Waals surface area contributed by atoms with E-state index in [9.17, 15) is 0 Å². The number of rotatable bonds is 5. The van der Waals surface area contributed by atoms with Gasteiger partial charge in [-0.2, -0.15) is 4.98 Å². The Bertz CT molecular complexity index is 414. The monoisotopic (exact) mass is 278 g/mol. The van der Waals surface area contributed by atoms with E-state index in [2.05, 4.69) is 26.9 Å². The van der Waals surface area contributed by atoms with Gasteiger partial charge in [0.2, 0.25) is 5.89 Å². The molecule has 0 spiro atoms. The minimum atomic E-state index is 0.379. The van der Waals surface area contributed by atoms with E-state index in [-0.39, 0.29) is 0 Å². The molecule has 112 valence electrons. The minimum absolute atomic E-state index is 0.379. The lowest BCUT2D eigenvalue weighted by Gasteiger charge is -2.30. The van der Waals surface area contributed by atoms with Crippen LogP contribution in [0.1, 0.15) is 56.8 Å². The molecule has 5 nitrogen and oxygen atoms in total. The molecular weight excluding hydrogens is 252 g/mol. The van der Waals surface area contributed by atoms with Crippen LogP contribution in [-0.2, 0) is 6.42 Å². The van der Waals surface area contributed by atoms with Gasteiger partial charge in [0.15, 0.2) is 5.82 Å². The number of likely N-dealkylation sites (tertiary alicyclic amines) is 2. The highest BCUT2D eigenvalue weighted by Gasteiger charge is 2.29. The van der Waals surface area contributed by atoms with Crippen LogP contribution >= 0.6 is 0 Å². The molecule has 2 aliphatic rings. The maximum Gasteiger partial charge on any atom is 0.226 e. The average Bonchev–Trinajstić information content (AvgIpc) is 3.14. The van der Waals surface area contributed by atoms with Crippen LogP contribution in [0.15, 0.2) is 4.52 Å². The SMILES string of the molecule is CCc1nc([C@@H]2CCCN2CCN2CCCCC2)no1. The fourth-order valence-electron chi connectivity index (χ4n) is 3.39. The van der Waals surface area contributed by atoms with Crippen molar-refractivity contribution >= 4 is 0 Å². The predicted octanol–water partition coefficient (Wildman–Crippen LogP) is 2.25. The Morgan fingerprint density at radius 3 is 2.70 bits per heavy atom. The number of aryl methyl sites for hydroxylation is 1. The van der Waals surface area contributed by atoms with Crippen molar-refractivity contribution in [3.05, 3.63) is 11.7 Å². The molecule has 0 aliphatic carbocycles. The number of hydrogen-bond donors (Lipinski definition) is 0. The van der Waals surface area contributed by atoms with Crippen LogP contribution in [0.5, 0.6) is 0 Å². The van der Waals surface area contributed by atoms with E-state index in [0.29, 0.717) is 6.04 Å². The molecule has 2 aliphatic heterocycles. The quantitative estimate of drug-likeness (QED) is 0.826. The normalized spacial score (nSPS) is 25.4. The van der Waals surface area contributed by atoms with Crippen LogP contribution in [-0.4, -0.2) is 52.7 Å². The second-order valence-electron chi connectivity index (χ2n) is 6.00. The van der Waals surface area contributed by atoms with E-state index < -0.39 is 0 Å². The van der Waals surface area contributed by atoms with Crippen LogP contribution in [0.2, 0.25) is 0 Å². The highest BCUT2D eigenvalue weighted by Crippen LogP contribution is 2.29. The smallest absolute Gasteiger partial charge is 0.226 e. The molecule has 5 heteroatoms. The summed E-state index contributed by atoms with van der Waals surface area (Å²) in [6.07, 6.45) is 7.39. The molecule has 2 fully saturated rings. The molecule has 3 heterocycles. The third kappa shape index (κ3) is 3.20. The lowest BCUT2D eigenvalue weighted by molar-refractivity contribution is 0.170. The molecule has 0 bridgehead atoms. The molecule has 0 aromatic carbocycles. The standard InChI is InChI=1S/C15H26N4O/c1-2-14-16-15(17-20-14)13-7-6-10-19(13)12-11-18-8-4-3-5-9-18/h13H,2-12H2,1H3/t13-/m0/s1. The fourth-order valence-corrected chi connectivity index (χ4v) is 3.39. The van der Waals surface area contributed by atoms with Gasteiger partial charge in [0.25, 0.3) is 0 Å². The molecule has 3 rings (SSSR count). The number of piperidine rings is 1. The van der Waals surface area contributed by atoms with Gasteiger partial charge in [-0.3, -0.25) is 4.90 Å². The average molecular weight is 278 g/mol. The van der Waals surface area contributed by atoms with Crippen molar-refractivity contribution in [3.8, 4) is 0 Å². The second-order valence-corrected chi connectivity index (χ2v) is 6.00. The van der Waals surface area contributed by atoms with Gasteiger partial charge in [0, 0.05) is 19.5 Å². The first-order valence-corrected chi connectivity index (χ1v) is 8.15. The Labute approximate surface area is 121 Å². The molecular formula is C15H26N4O. The lowest BCUT2D eigenvalue weighted by atomic mass is 10.1. The van der Waals surface area contributed by atoms with Crippen LogP contribution in [0.25, 0.3) is 0 Å². The Kier molecular flexibility index (Phi) is 4.68. The van der Waals surface area contributed by atoms with Crippen molar-refractivity contribution in [2.45, 2.75) is 51.5 Å². The molecule has 0 radical (unpaired) electrons. The molecule has 1 aromatic heterocycles. The summed E-state index contributed by atoms with van der Waals surface area (Å²) in [5, 5.41) is 4.17. The summed E-state index contributed by atoms with van der Waals surface area (Å²) in [5.74, 6) is 1.67. The summed E-state index contributed by atoms with van der Waals surface area (Å²) < 4.78 is 5.27. The fraction of sp³-hybridized carbons (Fsp3) is 0.867. The van der Waals surface area contributed by atoms with Gasteiger partial charge in [-0.05, 0) is 45.3 Å². The molecule has 0 N–H and O–H groups in total. The number of aromatic nitrogens is 2. The van der Waals surface area contributed by atoms with Crippen molar-refractivity contribution in [2.75, 3.05) is 32.7 Å². The van der Waals surface area contributed by atoms with Crippen molar-refractivity contribution in [1.82, 2.24) is 19.9 Å². The molecule has 20 heavy (non-hydrogen) atoms. The summed E-state index contributed by atoms with van der Waals surface area (Å²) >= 11 is 0. The van der Waals surface area contributed by atoms with Crippen LogP contribution < -0.4 is 0 Å². The summed E-state index contributed by atoms with van der Waals surface area (Å²) in [4.78, 5) is 9.67. The van der Waals surface area contributed by atoms with Gasteiger partial charge in [-0.1, -0.05) is 18.5 Å². The molecule has 2 saturated heterocycles. The lowest BCUT2D eigenvalue weighted by Crippen LogP contribution is -2.37. The molecule has 0 amide bonds. The van der Waals surface area contributed by atoms with Crippen molar-refractivity contribution in [1.29, 1.82) is 0 Å². The zero-order valence-corrected chi connectivity index (χ0v) is 12.6. The largest absolute Gasteiger partial charge is 0.339 e. The van der Waals surface area contributed by atoms with Crippen molar-refractivity contribution in [2.24, 2.45) is 0 Å². The number of nitrogens with zero attached hydrogens (tertiary/aromatic N) is 4. The molecule has 1 aromatic rings. The molecule has 0 saturated carbocycles. The first-order valence-electron chi connectivity index (χ1n) is 8.15. The zero-order valence-electron chi connectivity index (χ0n) is 12.6. The minimum Gasteiger partial charge on any atom is -0.339 e. The van der Waals surface area contributed by atoms with E-state index in [1.54, 1.807) is 0 Å². The second kappa shape index (κ2) is 6.68. The van der Waals surface area contributed by atoms with E-state index in [4.69, 9.17) is 4.52 Å². The van der Waals surface area contributed by atoms with Gasteiger partial charge < -0.3 is 9.42 Å². The van der Waals surface area contributed by atoms with E-state index in [1.165, 1.54) is 58.3 Å². The van der Waals surface area contributed by atoms with Crippen LogP contribution in [0.3, 0.4) is 0 Å². The summed E-state index contributed by atoms with van der Waals surface area (Å²) in [5.41, 5.74) is 0. The van der Waals surface area contributed by atoms with Gasteiger partial charge in [-0.25, -0.2) is 0 Å². The third-order valence-corrected chi connectivity index (χ3v) is 4.60. The van der Waals surface area contributed by atoms with Crippen molar-refractivity contribution < 1.29 is 4.52 Å². The Hall–Kier alpha value is -0.940. The van der Waals surface area contributed by atoms with Gasteiger partial charge in [0.05, 0.1) is 6.04 Å². The zero-order chi connectivity index (χ0) is 13.8. The highest BCUT2D eigenvalue weighted by molar-refractivity contribution is 4.98. The van der Waals surface area contributed by atoms with Crippen LogP contribution in [0.4, 0.5) is 0 Å². The topological polar surface area (TPSA) is 45.4 Å². The third-order valence-electron chi connectivity index (χ3n) is 4.60. The van der Waals surface area contributed by atoms with Gasteiger partial charge in [0.1, 0.15) is 0 Å². The van der Waals surface area contributed by atoms with Crippen molar-refractivity contribution in [3.63, 3.8) is 0 Å². The van der Waals surface area contributed by atoms with Crippen LogP contribution in [0, 0.1) is 0 Å². The van der Waals surface area contributed by atoms with E-state index in [0.717, 1.165) is 24.7 Å². The Morgan fingerprint density at radius 1 is 1.10 bits per heavy atom. The molecule has 1 atom stereocenters. The summed E-state index contributed by atoms with van der Waals surface area (Å²) in [7, 11) is 0. The van der Waals surface area contributed by atoms with E-state index in [1.807, 2.05) is 0 Å². The molecule has 0 unspecified atom stereocenters. The summed E-state index contributed by atoms with van der Waals surface area (Å²) in [6, 6.07) is 0.379. The maximum atomic E-state index is 5.27. The van der Waals surface area contributed by atoms with Gasteiger partial charge >= 0.3 is 0 Å². The van der Waals surface area contributed by atoms with E-state index >= 15 is 0 Å². The number of hydrogen-bond acceptors (Lipinski definition) is 5. The highest BCUT2D eigenvalue weighted by atomic mass is 16.5.